The molecule has 0 N–H and O–H groups in total. The Bertz CT molecular complexity index is 675. The van der Waals surface area contributed by atoms with Crippen molar-refractivity contribution in [2.24, 2.45) is 5.92 Å². The van der Waals surface area contributed by atoms with Crippen molar-refractivity contribution in [2.75, 3.05) is 13.1 Å². The van der Waals surface area contributed by atoms with E-state index in [1.807, 2.05) is 30.0 Å². The summed E-state index contributed by atoms with van der Waals surface area (Å²) in [7, 11) is 0. The predicted molar refractivity (Wildman–Crippen MR) is 95.0 cm³/mol. The van der Waals surface area contributed by atoms with E-state index in [0.29, 0.717) is 16.5 Å². The summed E-state index contributed by atoms with van der Waals surface area (Å²) in [6.07, 6.45) is 3.22. The number of hydrogen-bond donors (Lipinski definition) is 0. The standard InChI is InChI=1S/C20H22ClNO/c1-15-7-8-18(19(21)13-15)20(23)22-11-9-17(10-12-22)14-16-5-3-2-4-6-16/h2-8,13,17H,9-12,14H2,1H3. The first-order chi connectivity index (χ1) is 11.1. The minimum atomic E-state index is 0.0631. The molecule has 0 bridgehead atoms. The summed E-state index contributed by atoms with van der Waals surface area (Å²) >= 11 is 6.23. The number of piperidine rings is 1. The number of hydrogen-bond acceptors (Lipinski definition) is 1. The number of amides is 1. The van der Waals surface area contributed by atoms with Crippen molar-refractivity contribution in [3.05, 3.63) is 70.2 Å². The fraction of sp³-hybridized carbons (Fsp3) is 0.350. The van der Waals surface area contributed by atoms with E-state index in [0.717, 1.165) is 37.9 Å². The number of nitrogens with zero attached hydrogens (tertiary/aromatic N) is 1. The van der Waals surface area contributed by atoms with Gasteiger partial charge in [0.25, 0.3) is 5.91 Å². The summed E-state index contributed by atoms with van der Waals surface area (Å²) < 4.78 is 0. The van der Waals surface area contributed by atoms with Gasteiger partial charge >= 0.3 is 0 Å². The topological polar surface area (TPSA) is 20.3 Å². The van der Waals surface area contributed by atoms with E-state index >= 15 is 0 Å². The lowest BCUT2D eigenvalue weighted by Crippen LogP contribution is -2.39. The van der Waals surface area contributed by atoms with Crippen LogP contribution >= 0.6 is 11.6 Å². The van der Waals surface area contributed by atoms with E-state index in [-0.39, 0.29) is 5.91 Å². The van der Waals surface area contributed by atoms with Crippen molar-refractivity contribution in [1.82, 2.24) is 4.90 Å². The number of benzene rings is 2. The Morgan fingerprint density at radius 2 is 1.83 bits per heavy atom. The highest BCUT2D eigenvalue weighted by molar-refractivity contribution is 6.33. The number of likely N-dealkylation sites (tertiary alicyclic amines) is 1. The van der Waals surface area contributed by atoms with E-state index in [2.05, 4.69) is 30.3 Å². The third kappa shape index (κ3) is 3.94. The molecule has 23 heavy (non-hydrogen) atoms. The number of aryl methyl sites for hydroxylation is 1. The van der Waals surface area contributed by atoms with Crippen LogP contribution in [0.15, 0.2) is 48.5 Å². The summed E-state index contributed by atoms with van der Waals surface area (Å²) in [5.41, 5.74) is 3.09. The minimum absolute atomic E-state index is 0.0631. The molecule has 1 aliphatic heterocycles. The number of rotatable bonds is 3. The molecule has 0 atom stereocenters. The molecule has 0 aromatic heterocycles. The molecule has 0 radical (unpaired) electrons. The molecule has 1 heterocycles. The van der Waals surface area contributed by atoms with Crippen molar-refractivity contribution >= 4 is 17.5 Å². The number of halogens is 1. The molecule has 1 fully saturated rings. The lowest BCUT2D eigenvalue weighted by molar-refractivity contribution is 0.0691. The second kappa shape index (κ2) is 7.18. The Morgan fingerprint density at radius 1 is 1.13 bits per heavy atom. The third-order valence-corrected chi connectivity index (χ3v) is 4.94. The monoisotopic (exact) mass is 327 g/mol. The van der Waals surface area contributed by atoms with Crippen LogP contribution in [0.3, 0.4) is 0 Å². The third-order valence-electron chi connectivity index (χ3n) is 4.62. The average molecular weight is 328 g/mol. The average Bonchev–Trinajstić information content (AvgIpc) is 2.56. The normalized spacial score (nSPS) is 15.7. The van der Waals surface area contributed by atoms with Crippen LogP contribution in [-0.2, 0) is 6.42 Å². The Labute approximate surface area is 143 Å². The molecule has 0 aliphatic carbocycles. The molecule has 3 heteroatoms. The zero-order chi connectivity index (χ0) is 16.2. The Kier molecular flexibility index (Phi) is 5.02. The molecule has 1 saturated heterocycles. The molecule has 1 amide bonds. The molecule has 0 saturated carbocycles. The van der Waals surface area contributed by atoms with Gasteiger partial charge in [0.2, 0.25) is 0 Å². The summed E-state index contributed by atoms with van der Waals surface area (Å²) in [6.45, 7) is 3.62. The quantitative estimate of drug-likeness (QED) is 0.797. The molecule has 2 aromatic carbocycles. The highest BCUT2D eigenvalue weighted by Gasteiger charge is 2.24. The highest BCUT2D eigenvalue weighted by Crippen LogP contribution is 2.25. The van der Waals surface area contributed by atoms with Crippen molar-refractivity contribution in [1.29, 1.82) is 0 Å². The van der Waals surface area contributed by atoms with Crippen molar-refractivity contribution < 1.29 is 4.79 Å². The van der Waals surface area contributed by atoms with E-state index < -0.39 is 0 Å². The van der Waals surface area contributed by atoms with Crippen molar-refractivity contribution in [2.45, 2.75) is 26.2 Å². The van der Waals surface area contributed by atoms with Crippen LogP contribution in [0.4, 0.5) is 0 Å². The maximum absolute atomic E-state index is 12.6. The van der Waals surface area contributed by atoms with Crippen LogP contribution in [0.5, 0.6) is 0 Å². The molecular formula is C20H22ClNO. The number of carbonyl (C=O) groups is 1. The lowest BCUT2D eigenvalue weighted by Gasteiger charge is -2.32. The van der Waals surface area contributed by atoms with Gasteiger partial charge in [-0.15, -0.1) is 0 Å². The van der Waals surface area contributed by atoms with E-state index in [1.54, 1.807) is 0 Å². The fourth-order valence-corrected chi connectivity index (χ4v) is 3.57. The van der Waals surface area contributed by atoms with Gasteiger partial charge in [-0.25, -0.2) is 0 Å². The first-order valence-electron chi connectivity index (χ1n) is 8.23. The summed E-state index contributed by atoms with van der Waals surface area (Å²) in [5.74, 6) is 0.725. The molecule has 0 spiro atoms. The Balaban J connectivity index is 1.59. The predicted octanol–water partition coefficient (Wildman–Crippen LogP) is 4.74. The fourth-order valence-electron chi connectivity index (χ4n) is 3.25. The van der Waals surface area contributed by atoms with E-state index in [1.165, 1.54) is 5.56 Å². The van der Waals surface area contributed by atoms with Gasteiger partial charge in [0.15, 0.2) is 0 Å². The smallest absolute Gasteiger partial charge is 0.255 e. The maximum atomic E-state index is 12.6. The van der Waals surface area contributed by atoms with Crippen LogP contribution in [-0.4, -0.2) is 23.9 Å². The van der Waals surface area contributed by atoms with E-state index in [9.17, 15) is 4.79 Å². The first kappa shape index (κ1) is 16.1. The van der Waals surface area contributed by atoms with Crippen LogP contribution < -0.4 is 0 Å². The molecule has 3 rings (SSSR count). The minimum Gasteiger partial charge on any atom is -0.339 e. The molecule has 120 valence electrons. The van der Waals surface area contributed by atoms with Crippen LogP contribution in [0.2, 0.25) is 5.02 Å². The molecular weight excluding hydrogens is 306 g/mol. The van der Waals surface area contributed by atoms with Gasteiger partial charge in [-0.3, -0.25) is 4.79 Å². The molecule has 0 unspecified atom stereocenters. The zero-order valence-corrected chi connectivity index (χ0v) is 14.2. The van der Waals surface area contributed by atoms with Crippen LogP contribution in [0.1, 0.15) is 34.3 Å². The van der Waals surface area contributed by atoms with Gasteiger partial charge in [-0.1, -0.05) is 48.0 Å². The summed E-state index contributed by atoms with van der Waals surface area (Å²) in [4.78, 5) is 14.6. The Morgan fingerprint density at radius 3 is 2.48 bits per heavy atom. The highest BCUT2D eigenvalue weighted by atomic mass is 35.5. The Hall–Kier alpha value is -1.80. The zero-order valence-electron chi connectivity index (χ0n) is 13.5. The summed E-state index contributed by atoms with van der Waals surface area (Å²) in [5, 5.41) is 0.557. The van der Waals surface area contributed by atoms with Gasteiger partial charge in [0, 0.05) is 13.1 Å². The van der Waals surface area contributed by atoms with Gasteiger partial charge in [0.1, 0.15) is 0 Å². The second-order valence-corrected chi connectivity index (χ2v) is 6.82. The SMILES string of the molecule is Cc1ccc(C(=O)N2CCC(Cc3ccccc3)CC2)c(Cl)c1. The second-order valence-electron chi connectivity index (χ2n) is 6.41. The molecule has 1 aliphatic rings. The number of carbonyl (C=O) groups excluding carboxylic acids is 1. The molecule has 2 aromatic rings. The van der Waals surface area contributed by atoms with Crippen LogP contribution in [0.25, 0.3) is 0 Å². The van der Waals surface area contributed by atoms with Crippen molar-refractivity contribution in [3.63, 3.8) is 0 Å². The van der Waals surface area contributed by atoms with Gasteiger partial charge in [-0.05, 0) is 55.4 Å². The van der Waals surface area contributed by atoms with Gasteiger partial charge in [0.05, 0.1) is 10.6 Å². The molecule has 2 nitrogen and oxygen atoms in total. The van der Waals surface area contributed by atoms with Gasteiger partial charge in [-0.2, -0.15) is 0 Å². The van der Waals surface area contributed by atoms with E-state index in [4.69, 9.17) is 11.6 Å². The summed E-state index contributed by atoms with van der Waals surface area (Å²) in [6, 6.07) is 16.2. The largest absolute Gasteiger partial charge is 0.339 e. The van der Waals surface area contributed by atoms with Gasteiger partial charge < -0.3 is 4.90 Å². The van der Waals surface area contributed by atoms with Crippen molar-refractivity contribution in [3.8, 4) is 0 Å². The maximum Gasteiger partial charge on any atom is 0.255 e. The lowest BCUT2D eigenvalue weighted by atomic mass is 9.90. The van der Waals surface area contributed by atoms with Crippen LogP contribution in [0, 0.1) is 12.8 Å². The first-order valence-corrected chi connectivity index (χ1v) is 8.60.